The molecule has 4 rings (SSSR count). The van der Waals surface area contributed by atoms with Gasteiger partial charge in [-0.2, -0.15) is 0 Å². The number of ether oxygens (including phenoxy) is 4. The first-order chi connectivity index (χ1) is 16.1. The van der Waals surface area contributed by atoms with Gasteiger partial charge in [-0.25, -0.2) is 9.79 Å². The van der Waals surface area contributed by atoms with Crippen LogP contribution in [0.1, 0.15) is 25.5 Å². The average molecular weight is 467 g/mol. The van der Waals surface area contributed by atoms with Crippen molar-refractivity contribution in [2.24, 2.45) is 4.99 Å². The van der Waals surface area contributed by atoms with Gasteiger partial charge in [0.05, 0.1) is 31.0 Å². The highest BCUT2D eigenvalue weighted by Gasteiger charge is 2.37. The molecule has 0 saturated carbocycles. The van der Waals surface area contributed by atoms with Crippen molar-refractivity contribution in [1.29, 1.82) is 0 Å². The van der Waals surface area contributed by atoms with Gasteiger partial charge in [0.2, 0.25) is 0 Å². The van der Waals surface area contributed by atoms with E-state index in [0.717, 1.165) is 16.5 Å². The smallest absolute Gasteiger partial charge is 0.338 e. The third-order valence-corrected chi connectivity index (χ3v) is 5.96. The van der Waals surface area contributed by atoms with E-state index in [4.69, 9.17) is 18.9 Å². The van der Waals surface area contributed by atoms with E-state index in [1.54, 1.807) is 14.0 Å². The molecule has 0 aliphatic carbocycles. The van der Waals surface area contributed by atoms with E-state index < -0.39 is 0 Å². The summed E-state index contributed by atoms with van der Waals surface area (Å²) >= 11 is 1.53. The number of hydrogen-bond acceptors (Lipinski definition) is 8. The Kier molecular flexibility index (Phi) is 7.24. The Labute approximate surface area is 197 Å². The van der Waals surface area contributed by atoms with Gasteiger partial charge in [-0.05, 0) is 49.1 Å². The number of allylic oxidation sites excluding steroid dienone is 1. The lowest BCUT2D eigenvalue weighted by Crippen LogP contribution is -2.34. The van der Waals surface area contributed by atoms with Crippen LogP contribution in [0.2, 0.25) is 0 Å². The lowest BCUT2D eigenvalue weighted by atomic mass is 9.95. The van der Waals surface area contributed by atoms with Crippen LogP contribution >= 0.6 is 11.8 Å². The number of hydrogen-bond donors (Lipinski definition) is 0. The number of aliphatic imine (C=N–C) groups is 1. The molecular weight excluding hydrogens is 440 g/mol. The van der Waals surface area contributed by atoms with Crippen molar-refractivity contribution in [3.63, 3.8) is 0 Å². The molecule has 0 bridgehead atoms. The van der Waals surface area contributed by atoms with Gasteiger partial charge < -0.3 is 23.8 Å². The van der Waals surface area contributed by atoms with Gasteiger partial charge >= 0.3 is 5.97 Å². The molecule has 2 aromatic carbocycles. The maximum Gasteiger partial charge on any atom is 0.338 e. The van der Waals surface area contributed by atoms with Crippen LogP contribution in [0.5, 0.6) is 17.2 Å². The second-order valence-electron chi connectivity index (χ2n) is 7.24. The van der Waals surface area contributed by atoms with Crippen LogP contribution in [0.15, 0.2) is 76.4 Å². The van der Waals surface area contributed by atoms with Crippen LogP contribution in [0, 0.1) is 0 Å². The van der Waals surface area contributed by atoms with Crippen molar-refractivity contribution >= 4 is 22.9 Å². The van der Waals surface area contributed by atoms with E-state index in [1.807, 2.05) is 72.0 Å². The molecule has 0 saturated heterocycles. The number of esters is 1. The number of nitrogens with zero attached hydrogens (tertiary/aromatic N) is 2. The number of fused-ring (bicyclic) bond motifs is 1. The predicted molar refractivity (Wildman–Crippen MR) is 129 cm³/mol. The summed E-state index contributed by atoms with van der Waals surface area (Å²) in [6.07, 6.45) is 1.94. The average Bonchev–Trinajstić information content (AvgIpc) is 3.30. The first kappa shape index (κ1) is 22.8. The molecule has 2 heterocycles. The highest BCUT2D eigenvalue weighted by atomic mass is 32.2. The van der Waals surface area contributed by atoms with Crippen LogP contribution in [0.3, 0.4) is 0 Å². The van der Waals surface area contributed by atoms with Crippen LogP contribution in [-0.2, 0) is 9.53 Å². The lowest BCUT2D eigenvalue weighted by molar-refractivity contribution is -0.139. The molecule has 1 atom stereocenters. The second-order valence-corrected chi connectivity index (χ2v) is 8.12. The Morgan fingerprint density at radius 1 is 1.06 bits per heavy atom. The van der Waals surface area contributed by atoms with Gasteiger partial charge in [0.25, 0.3) is 0 Å². The molecule has 0 spiro atoms. The fourth-order valence-electron chi connectivity index (χ4n) is 3.69. The van der Waals surface area contributed by atoms with Crippen molar-refractivity contribution < 1.29 is 23.7 Å². The monoisotopic (exact) mass is 466 g/mol. The SMILES string of the molecule is CCOC(=O)C1=C(C)N=C2SC=CN2[C@@H]1c1ccc(OCCOc2ccccc2OC)cc1. The number of carbonyl (C=O) groups excluding carboxylic acids is 1. The summed E-state index contributed by atoms with van der Waals surface area (Å²) in [6, 6.07) is 14.9. The van der Waals surface area contributed by atoms with Crippen molar-refractivity contribution in [3.8, 4) is 17.2 Å². The van der Waals surface area contributed by atoms with Crippen LogP contribution in [0.25, 0.3) is 0 Å². The molecule has 172 valence electrons. The molecular formula is C25H26N2O5S. The Morgan fingerprint density at radius 3 is 2.52 bits per heavy atom. The van der Waals surface area contributed by atoms with Crippen molar-refractivity contribution in [3.05, 3.63) is 77.0 Å². The topological polar surface area (TPSA) is 69.6 Å². The largest absolute Gasteiger partial charge is 0.493 e. The third-order valence-electron chi connectivity index (χ3n) is 5.19. The summed E-state index contributed by atoms with van der Waals surface area (Å²) < 4.78 is 22.2. The molecule has 2 aromatic rings. The fourth-order valence-corrected chi connectivity index (χ4v) is 4.49. The maximum absolute atomic E-state index is 12.7. The summed E-state index contributed by atoms with van der Waals surface area (Å²) in [5.74, 6) is 1.74. The minimum absolute atomic E-state index is 0.300. The standard InChI is InChI=1S/C25H26N2O5S/c1-4-30-24(28)22-17(2)26-25-27(13-16-33-25)23(22)18-9-11-19(12-10-18)31-14-15-32-21-8-6-5-7-20(21)29-3/h5-13,16,23H,4,14-15H2,1-3H3/t23-/m1/s1. The highest BCUT2D eigenvalue weighted by Crippen LogP contribution is 2.41. The Morgan fingerprint density at radius 2 is 1.79 bits per heavy atom. The zero-order chi connectivity index (χ0) is 23.2. The van der Waals surface area contributed by atoms with Crippen molar-refractivity contribution in [2.45, 2.75) is 19.9 Å². The first-order valence-corrected chi connectivity index (χ1v) is 11.6. The molecule has 33 heavy (non-hydrogen) atoms. The van der Waals surface area contributed by atoms with Crippen LogP contribution in [0.4, 0.5) is 0 Å². The van der Waals surface area contributed by atoms with E-state index in [-0.39, 0.29) is 12.0 Å². The number of rotatable bonds is 9. The highest BCUT2D eigenvalue weighted by molar-refractivity contribution is 8.16. The minimum atomic E-state index is -0.345. The second kappa shape index (κ2) is 10.5. The lowest BCUT2D eigenvalue weighted by Gasteiger charge is -2.33. The number of carbonyl (C=O) groups is 1. The number of amidine groups is 1. The summed E-state index contributed by atoms with van der Waals surface area (Å²) in [7, 11) is 1.61. The normalized spacial score (nSPS) is 16.9. The van der Waals surface area contributed by atoms with Gasteiger partial charge in [-0.15, -0.1) is 0 Å². The molecule has 0 unspecified atom stereocenters. The summed E-state index contributed by atoms with van der Waals surface area (Å²) in [5.41, 5.74) is 2.18. The summed E-state index contributed by atoms with van der Waals surface area (Å²) in [4.78, 5) is 19.3. The third kappa shape index (κ3) is 5.01. The van der Waals surface area contributed by atoms with E-state index in [2.05, 4.69) is 4.99 Å². The molecule has 2 aliphatic rings. The molecule has 7 nitrogen and oxygen atoms in total. The number of thioether (sulfide) groups is 1. The van der Waals surface area contributed by atoms with Crippen molar-refractivity contribution in [2.75, 3.05) is 26.9 Å². The predicted octanol–water partition coefficient (Wildman–Crippen LogP) is 4.92. The minimum Gasteiger partial charge on any atom is -0.493 e. The van der Waals surface area contributed by atoms with Gasteiger partial charge in [0, 0.05) is 6.20 Å². The zero-order valence-corrected chi connectivity index (χ0v) is 19.6. The van der Waals surface area contributed by atoms with Crippen LogP contribution < -0.4 is 14.2 Å². The van der Waals surface area contributed by atoms with Gasteiger partial charge in [0.1, 0.15) is 19.0 Å². The molecule has 0 amide bonds. The fraction of sp³-hybridized carbons (Fsp3) is 0.280. The Bertz CT molecular complexity index is 1090. The Hall–Kier alpha value is -3.39. The summed E-state index contributed by atoms with van der Waals surface area (Å²) in [6.45, 7) is 4.73. The van der Waals surface area contributed by atoms with Crippen LogP contribution in [-0.4, -0.2) is 43.0 Å². The Balaban J connectivity index is 1.43. The maximum atomic E-state index is 12.7. The van der Waals surface area contributed by atoms with Gasteiger partial charge in [-0.3, -0.25) is 0 Å². The van der Waals surface area contributed by atoms with Gasteiger partial charge in [-0.1, -0.05) is 36.0 Å². The zero-order valence-electron chi connectivity index (χ0n) is 18.8. The molecule has 8 heteroatoms. The number of benzene rings is 2. The molecule has 2 aliphatic heterocycles. The van der Waals surface area contributed by atoms with Gasteiger partial charge in [0.15, 0.2) is 16.7 Å². The molecule has 0 radical (unpaired) electrons. The van der Waals surface area contributed by atoms with Crippen molar-refractivity contribution in [1.82, 2.24) is 4.90 Å². The number of para-hydroxylation sites is 2. The molecule has 0 fully saturated rings. The summed E-state index contributed by atoms with van der Waals surface area (Å²) in [5, 5.41) is 2.81. The quantitative estimate of drug-likeness (QED) is 0.384. The van der Waals surface area contributed by atoms with E-state index in [1.165, 1.54) is 11.8 Å². The molecule has 0 N–H and O–H groups in total. The van der Waals surface area contributed by atoms with E-state index in [0.29, 0.717) is 42.6 Å². The molecule has 0 aromatic heterocycles. The van der Waals surface area contributed by atoms with E-state index in [9.17, 15) is 4.79 Å². The number of methoxy groups -OCH3 is 1. The first-order valence-electron chi connectivity index (χ1n) is 10.7. The van der Waals surface area contributed by atoms with E-state index >= 15 is 0 Å².